The Balaban J connectivity index is 2.00. The van der Waals surface area contributed by atoms with Crippen molar-refractivity contribution in [3.63, 3.8) is 0 Å². The van der Waals surface area contributed by atoms with Crippen LogP contribution in [0.4, 0.5) is 5.69 Å². The summed E-state index contributed by atoms with van der Waals surface area (Å²) in [6.07, 6.45) is -0.0684. The summed E-state index contributed by atoms with van der Waals surface area (Å²) in [6, 6.07) is 14.8. The van der Waals surface area contributed by atoms with E-state index in [4.69, 9.17) is 5.73 Å². The fraction of sp³-hybridized carbons (Fsp3) is 0.150. The summed E-state index contributed by atoms with van der Waals surface area (Å²) in [5.41, 5.74) is 4.82. The van der Waals surface area contributed by atoms with E-state index in [1.807, 2.05) is 0 Å². The predicted octanol–water partition coefficient (Wildman–Crippen LogP) is 1.00. The summed E-state index contributed by atoms with van der Waals surface area (Å²) >= 11 is 0. The van der Waals surface area contributed by atoms with Crippen molar-refractivity contribution in [2.75, 3.05) is 11.4 Å². The minimum Gasteiger partial charge on any atom is -0.476 e. The van der Waals surface area contributed by atoms with Crippen molar-refractivity contribution in [1.82, 2.24) is 9.78 Å². The molecule has 1 aromatic heterocycles. The molecule has 2 amide bonds. The molecule has 3 aromatic rings. The van der Waals surface area contributed by atoms with Crippen LogP contribution in [-0.2, 0) is 16.1 Å². The zero-order valence-electron chi connectivity index (χ0n) is 15.3. The van der Waals surface area contributed by atoms with Gasteiger partial charge >= 0.3 is 5.97 Å². The first-order chi connectivity index (χ1) is 13.9. The van der Waals surface area contributed by atoms with Gasteiger partial charge in [0.2, 0.25) is 11.8 Å². The van der Waals surface area contributed by atoms with Crippen LogP contribution in [0.5, 0.6) is 0 Å². The number of nitrogens with zero attached hydrogens (tertiary/aromatic N) is 3. The molecule has 0 aliphatic rings. The number of nitrogens with two attached hydrogens (primary N) is 1. The number of carbonyl (C=O) groups excluding carboxylic acids is 2. The van der Waals surface area contributed by atoms with Gasteiger partial charge in [0.05, 0.1) is 5.39 Å². The van der Waals surface area contributed by atoms with Crippen molar-refractivity contribution in [2.45, 2.75) is 13.0 Å². The van der Waals surface area contributed by atoms with Gasteiger partial charge < -0.3 is 15.7 Å². The number of anilines is 1. The maximum atomic E-state index is 12.9. The van der Waals surface area contributed by atoms with Gasteiger partial charge in [0, 0.05) is 24.0 Å². The second kappa shape index (κ2) is 8.34. The zero-order valence-corrected chi connectivity index (χ0v) is 15.3. The molecule has 0 bridgehead atoms. The molecule has 0 aliphatic heterocycles. The minimum atomic E-state index is -1.31. The minimum absolute atomic E-state index is 0.0201. The summed E-state index contributed by atoms with van der Waals surface area (Å²) in [5, 5.41) is 13.7. The molecule has 1 heterocycles. The summed E-state index contributed by atoms with van der Waals surface area (Å²) in [5.74, 6) is -2.41. The van der Waals surface area contributed by atoms with Gasteiger partial charge in [-0.15, -0.1) is 0 Å². The molecule has 0 saturated carbocycles. The third kappa shape index (κ3) is 4.29. The standard InChI is InChI=1S/C20H18N4O5/c21-16(25)10-11-23(13-6-2-1-3-7-13)17(26)12-24-19(27)15-9-5-4-8-14(15)18(22-24)20(28)29/h1-9H,10-12H2,(H2,21,25)(H,28,29). The number of aromatic carboxylic acids is 1. The Morgan fingerprint density at radius 3 is 2.24 bits per heavy atom. The van der Waals surface area contributed by atoms with Crippen molar-refractivity contribution in [3.8, 4) is 0 Å². The van der Waals surface area contributed by atoms with Gasteiger partial charge in [0.1, 0.15) is 6.54 Å². The van der Waals surface area contributed by atoms with Crippen LogP contribution in [0.1, 0.15) is 16.9 Å². The molecule has 0 fully saturated rings. The molecular weight excluding hydrogens is 376 g/mol. The van der Waals surface area contributed by atoms with Crippen LogP contribution in [0.3, 0.4) is 0 Å². The number of carboxylic acid groups (broad SMARTS) is 1. The lowest BCUT2D eigenvalue weighted by Crippen LogP contribution is -2.39. The highest BCUT2D eigenvalue weighted by molar-refractivity contribution is 6.01. The van der Waals surface area contributed by atoms with E-state index in [0.717, 1.165) is 4.68 Å². The van der Waals surface area contributed by atoms with Gasteiger partial charge in [-0.2, -0.15) is 5.10 Å². The van der Waals surface area contributed by atoms with Crippen LogP contribution >= 0.6 is 0 Å². The van der Waals surface area contributed by atoms with Crippen LogP contribution in [0.15, 0.2) is 59.4 Å². The number of fused-ring (bicyclic) bond motifs is 1. The maximum absolute atomic E-state index is 12.9. The molecule has 0 unspecified atom stereocenters. The van der Waals surface area contributed by atoms with E-state index < -0.39 is 29.9 Å². The van der Waals surface area contributed by atoms with E-state index >= 15 is 0 Å². The van der Waals surface area contributed by atoms with Gasteiger partial charge in [-0.1, -0.05) is 36.4 Å². The summed E-state index contributed by atoms with van der Waals surface area (Å²) in [7, 11) is 0. The first-order valence-corrected chi connectivity index (χ1v) is 8.75. The summed E-state index contributed by atoms with van der Waals surface area (Å²) < 4.78 is 0.828. The van der Waals surface area contributed by atoms with Crippen LogP contribution in [0, 0.1) is 0 Å². The molecule has 0 aliphatic carbocycles. The summed E-state index contributed by atoms with van der Waals surface area (Å²) in [6.45, 7) is -0.468. The average Bonchev–Trinajstić information content (AvgIpc) is 2.70. The second-order valence-corrected chi connectivity index (χ2v) is 6.26. The molecular formula is C20H18N4O5. The van der Waals surface area contributed by atoms with E-state index in [-0.39, 0.29) is 29.4 Å². The maximum Gasteiger partial charge on any atom is 0.357 e. The van der Waals surface area contributed by atoms with Crippen LogP contribution < -0.4 is 16.2 Å². The third-order valence-corrected chi connectivity index (χ3v) is 4.31. The average molecular weight is 394 g/mol. The zero-order chi connectivity index (χ0) is 21.0. The lowest BCUT2D eigenvalue weighted by molar-refractivity contribution is -0.119. The largest absolute Gasteiger partial charge is 0.476 e. The number of hydrogen-bond acceptors (Lipinski definition) is 5. The highest BCUT2D eigenvalue weighted by atomic mass is 16.4. The highest BCUT2D eigenvalue weighted by Gasteiger charge is 2.21. The van der Waals surface area contributed by atoms with Crippen molar-refractivity contribution >= 4 is 34.2 Å². The molecule has 0 spiro atoms. The Morgan fingerprint density at radius 1 is 1.00 bits per heavy atom. The monoisotopic (exact) mass is 394 g/mol. The summed E-state index contributed by atoms with van der Waals surface area (Å²) in [4.78, 5) is 49.7. The van der Waals surface area contributed by atoms with E-state index in [2.05, 4.69) is 5.10 Å². The van der Waals surface area contributed by atoms with Gasteiger partial charge in [0.25, 0.3) is 5.56 Å². The molecule has 9 heteroatoms. The number of rotatable bonds is 7. The SMILES string of the molecule is NC(=O)CCN(C(=O)Cn1nc(C(=O)O)c2ccccc2c1=O)c1ccccc1. The molecule has 9 nitrogen and oxygen atoms in total. The molecule has 3 rings (SSSR count). The van der Waals surface area contributed by atoms with Gasteiger partial charge in [-0.05, 0) is 18.2 Å². The van der Waals surface area contributed by atoms with E-state index in [9.17, 15) is 24.3 Å². The lowest BCUT2D eigenvalue weighted by Gasteiger charge is -2.22. The van der Waals surface area contributed by atoms with Crippen LogP contribution in [-0.4, -0.2) is 39.2 Å². The van der Waals surface area contributed by atoms with Crippen molar-refractivity contribution < 1.29 is 19.5 Å². The fourth-order valence-corrected chi connectivity index (χ4v) is 2.94. The van der Waals surface area contributed by atoms with Crippen molar-refractivity contribution in [1.29, 1.82) is 0 Å². The van der Waals surface area contributed by atoms with Crippen LogP contribution in [0.25, 0.3) is 10.8 Å². The molecule has 0 atom stereocenters. The third-order valence-electron chi connectivity index (χ3n) is 4.31. The van der Waals surface area contributed by atoms with E-state index in [1.165, 1.54) is 17.0 Å². The van der Waals surface area contributed by atoms with Crippen molar-refractivity contribution in [3.05, 3.63) is 70.6 Å². The number of para-hydroxylation sites is 1. The van der Waals surface area contributed by atoms with E-state index in [0.29, 0.717) is 5.69 Å². The molecule has 3 N–H and O–H groups in total. The quantitative estimate of drug-likeness (QED) is 0.614. The fourth-order valence-electron chi connectivity index (χ4n) is 2.94. The number of carboxylic acids is 1. The number of benzene rings is 2. The first-order valence-electron chi connectivity index (χ1n) is 8.75. The Kier molecular flexibility index (Phi) is 5.68. The molecule has 2 aromatic carbocycles. The Labute approximate surface area is 165 Å². The van der Waals surface area contributed by atoms with Gasteiger partial charge in [-0.25, -0.2) is 9.48 Å². The molecule has 0 saturated heterocycles. The number of primary amides is 1. The van der Waals surface area contributed by atoms with Gasteiger partial charge in [0.15, 0.2) is 5.69 Å². The molecule has 29 heavy (non-hydrogen) atoms. The number of aromatic nitrogens is 2. The van der Waals surface area contributed by atoms with Gasteiger partial charge in [-0.3, -0.25) is 14.4 Å². The molecule has 0 radical (unpaired) electrons. The smallest absolute Gasteiger partial charge is 0.357 e. The second-order valence-electron chi connectivity index (χ2n) is 6.26. The number of hydrogen-bond donors (Lipinski definition) is 2. The Morgan fingerprint density at radius 2 is 1.62 bits per heavy atom. The highest BCUT2D eigenvalue weighted by Crippen LogP contribution is 2.16. The number of amides is 2. The Hall–Kier alpha value is -4.01. The molecule has 148 valence electrons. The Bertz CT molecular complexity index is 1140. The topological polar surface area (TPSA) is 136 Å². The number of carbonyl (C=O) groups is 3. The lowest BCUT2D eigenvalue weighted by atomic mass is 10.1. The normalized spacial score (nSPS) is 10.6. The van der Waals surface area contributed by atoms with E-state index in [1.54, 1.807) is 42.5 Å². The van der Waals surface area contributed by atoms with Crippen LogP contribution in [0.2, 0.25) is 0 Å². The predicted molar refractivity (Wildman–Crippen MR) is 106 cm³/mol. The first kappa shape index (κ1) is 19.7. The van der Waals surface area contributed by atoms with Crippen molar-refractivity contribution in [2.24, 2.45) is 5.73 Å².